The summed E-state index contributed by atoms with van der Waals surface area (Å²) < 4.78 is 66.4. The van der Waals surface area contributed by atoms with E-state index in [1.54, 1.807) is 12.1 Å². The number of carboxylic acid groups (broad SMARTS) is 1. The van der Waals surface area contributed by atoms with E-state index in [1.165, 1.54) is 12.1 Å². The number of hydrogen-bond donors (Lipinski definition) is 2. The summed E-state index contributed by atoms with van der Waals surface area (Å²) in [5, 5.41) is 8.49. The third-order valence-electron chi connectivity index (χ3n) is 4.38. The average molecular weight is 486 g/mol. The van der Waals surface area contributed by atoms with Gasteiger partial charge in [0.15, 0.2) is 5.82 Å². The maximum atomic E-state index is 13.4. The zero-order valence-corrected chi connectivity index (χ0v) is 17.6. The van der Waals surface area contributed by atoms with Gasteiger partial charge in [0.2, 0.25) is 0 Å². The quantitative estimate of drug-likeness (QED) is 0.499. The van der Waals surface area contributed by atoms with E-state index in [1.807, 2.05) is 0 Å². The summed E-state index contributed by atoms with van der Waals surface area (Å²) in [5.41, 5.74) is 5.26. The van der Waals surface area contributed by atoms with Crippen LogP contribution in [-0.2, 0) is 22.7 Å². The van der Waals surface area contributed by atoms with Gasteiger partial charge in [-0.3, -0.25) is 0 Å². The van der Waals surface area contributed by atoms with Crippen LogP contribution in [0.5, 0.6) is 0 Å². The van der Waals surface area contributed by atoms with Crippen molar-refractivity contribution in [2.75, 3.05) is 10.0 Å². The fourth-order valence-corrected chi connectivity index (χ4v) is 4.47. The summed E-state index contributed by atoms with van der Waals surface area (Å²) >= 11 is 6.02. The molecule has 0 spiro atoms. The van der Waals surface area contributed by atoms with E-state index in [0.717, 1.165) is 28.6 Å². The molecule has 3 rings (SSSR count). The zero-order valence-electron chi connectivity index (χ0n) is 16.0. The number of nitrogens with zero attached hydrogens (tertiary/aromatic N) is 2. The predicted octanol–water partition coefficient (Wildman–Crippen LogP) is 4.43. The van der Waals surface area contributed by atoms with Crippen molar-refractivity contribution in [1.29, 1.82) is 0 Å². The summed E-state index contributed by atoms with van der Waals surface area (Å²) in [6.45, 7) is -0.318. The second kappa shape index (κ2) is 8.67. The molecule has 0 aliphatic rings. The summed E-state index contributed by atoms with van der Waals surface area (Å²) in [6.07, 6.45) is -4.23. The highest BCUT2D eigenvalue weighted by molar-refractivity contribution is 7.92. The molecule has 0 atom stereocenters. The van der Waals surface area contributed by atoms with E-state index in [4.69, 9.17) is 22.4 Å². The molecule has 32 heavy (non-hydrogen) atoms. The highest BCUT2D eigenvalue weighted by Gasteiger charge is 2.34. The van der Waals surface area contributed by atoms with Crippen molar-refractivity contribution in [2.45, 2.75) is 17.6 Å². The van der Waals surface area contributed by atoms with Crippen LogP contribution in [0.3, 0.4) is 0 Å². The molecule has 2 aromatic carbocycles. The van der Waals surface area contributed by atoms with E-state index in [2.05, 4.69) is 4.98 Å². The van der Waals surface area contributed by atoms with Gasteiger partial charge in [-0.25, -0.2) is 22.5 Å². The molecule has 1 aromatic heterocycles. The van der Waals surface area contributed by atoms with Gasteiger partial charge in [-0.2, -0.15) is 13.2 Å². The van der Waals surface area contributed by atoms with Crippen LogP contribution in [0, 0.1) is 0 Å². The standard InChI is InChI=1S/C20H15ClF3N3O4S/c21-17-9-14(20(22,23)24)10-26-18(17)27(11-12-1-5-15(25)6-2-12)32(30,31)16-7-3-13(4-8-16)19(28)29/h1-10H,11,25H2,(H,28,29). The van der Waals surface area contributed by atoms with Gasteiger partial charge in [-0.1, -0.05) is 23.7 Å². The lowest BCUT2D eigenvalue weighted by molar-refractivity contribution is -0.137. The normalized spacial score (nSPS) is 11.9. The van der Waals surface area contributed by atoms with Crippen LogP contribution in [0.2, 0.25) is 5.02 Å². The number of carboxylic acids is 1. The van der Waals surface area contributed by atoms with Crippen molar-refractivity contribution in [3.05, 3.63) is 82.5 Å². The zero-order chi connectivity index (χ0) is 23.7. The first-order valence-corrected chi connectivity index (χ1v) is 10.6. The number of rotatable bonds is 6. The molecule has 0 bridgehead atoms. The third-order valence-corrected chi connectivity index (χ3v) is 6.41. The van der Waals surface area contributed by atoms with E-state index >= 15 is 0 Å². The number of nitrogens with two attached hydrogens (primary N) is 1. The molecule has 0 saturated carbocycles. The van der Waals surface area contributed by atoms with Gasteiger partial charge in [0.05, 0.1) is 27.6 Å². The van der Waals surface area contributed by atoms with E-state index in [9.17, 15) is 26.4 Å². The summed E-state index contributed by atoms with van der Waals surface area (Å²) in [7, 11) is -4.39. The number of nitrogen functional groups attached to an aromatic ring is 1. The minimum absolute atomic E-state index is 0.139. The SMILES string of the molecule is Nc1ccc(CN(c2ncc(C(F)(F)F)cc2Cl)S(=O)(=O)c2ccc(C(=O)O)cc2)cc1. The Morgan fingerprint density at radius 3 is 2.19 bits per heavy atom. The van der Waals surface area contributed by atoms with E-state index in [0.29, 0.717) is 23.5 Å². The number of aromatic carboxylic acids is 1. The third kappa shape index (κ3) is 4.94. The van der Waals surface area contributed by atoms with Gasteiger partial charge < -0.3 is 10.8 Å². The molecule has 12 heteroatoms. The smallest absolute Gasteiger partial charge is 0.417 e. The molecule has 0 unspecified atom stereocenters. The molecule has 0 radical (unpaired) electrons. The number of pyridine rings is 1. The van der Waals surface area contributed by atoms with Crippen molar-refractivity contribution in [3.63, 3.8) is 0 Å². The van der Waals surface area contributed by atoms with E-state index in [-0.39, 0.29) is 17.0 Å². The van der Waals surface area contributed by atoms with Crippen LogP contribution < -0.4 is 10.0 Å². The molecule has 1 heterocycles. The Kier molecular flexibility index (Phi) is 6.33. The van der Waals surface area contributed by atoms with Crippen LogP contribution in [0.25, 0.3) is 0 Å². The topological polar surface area (TPSA) is 114 Å². The molecular formula is C20H15ClF3N3O4S. The fraction of sp³-hybridized carbons (Fsp3) is 0.100. The number of halogens is 4. The first kappa shape index (κ1) is 23.4. The summed E-state index contributed by atoms with van der Waals surface area (Å²) in [4.78, 5) is 14.4. The number of hydrogen-bond acceptors (Lipinski definition) is 5. The number of benzene rings is 2. The number of aromatic nitrogens is 1. The lowest BCUT2D eigenvalue weighted by Gasteiger charge is -2.25. The van der Waals surface area contributed by atoms with Crippen LogP contribution >= 0.6 is 11.6 Å². The Morgan fingerprint density at radius 1 is 1.09 bits per heavy atom. The van der Waals surface area contributed by atoms with Crippen LogP contribution in [0.4, 0.5) is 24.7 Å². The van der Waals surface area contributed by atoms with Crippen LogP contribution in [-0.4, -0.2) is 24.5 Å². The Morgan fingerprint density at radius 2 is 1.69 bits per heavy atom. The van der Waals surface area contributed by atoms with Gasteiger partial charge in [-0.05, 0) is 48.0 Å². The van der Waals surface area contributed by atoms with Crippen LogP contribution in [0.1, 0.15) is 21.5 Å². The molecule has 3 N–H and O–H groups in total. The van der Waals surface area contributed by atoms with Gasteiger partial charge in [0.1, 0.15) is 0 Å². The van der Waals surface area contributed by atoms with Crippen molar-refractivity contribution in [3.8, 4) is 0 Å². The number of alkyl halides is 3. The molecule has 168 valence electrons. The second-order valence-corrected chi connectivity index (χ2v) is 8.88. The van der Waals surface area contributed by atoms with Crippen molar-refractivity contribution in [2.24, 2.45) is 0 Å². The Balaban J connectivity index is 2.12. The number of sulfonamides is 1. The van der Waals surface area contributed by atoms with E-state index < -0.39 is 38.6 Å². The first-order valence-electron chi connectivity index (χ1n) is 8.83. The molecular weight excluding hydrogens is 471 g/mol. The maximum absolute atomic E-state index is 13.4. The molecule has 0 aliphatic heterocycles. The fourth-order valence-electron chi connectivity index (χ4n) is 2.73. The molecule has 3 aromatic rings. The number of carbonyl (C=O) groups is 1. The predicted molar refractivity (Wildman–Crippen MR) is 112 cm³/mol. The lowest BCUT2D eigenvalue weighted by Crippen LogP contribution is -2.32. The van der Waals surface area contributed by atoms with Gasteiger partial charge in [0, 0.05) is 11.9 Å². The Bertz CT molecular complexity index is 1250. The highest BCUT2D eigenvalue weighted by atomic mass is 35.5. The van der Waals surface area contributed by atoms with Crippen molar-refractivity contribution >= 4 is 39.1 Å². The van der Waals surface area contributed by atoms with Gasteiger partial charge >= 0.3 is 12.1 Å². The lowest BCUT2D eigenvalue weighted by atomic mass is 10.2. The van der Waals surface area contributed by atoms with Gasteiger partial charge in [-0.15, -0.1) is 0 Å². The van der Waals surface area contributed by atoms with Gasteiger partial charge in [0.25, 0.3) is 10.0 Å². The molecule has 7 nitrogen and oxygen atoms in total. The first-order chi connectivity index (χ1) is 14.9. The second-order valence-electron chi connectivity index (χ2n) is 6.61. The van der Waals surface area contributed by atoms with Crippen molar-refractivity contribution < 1.29 is 31.5 Å². The summed E-state index contributed by atoms with van der Waals surface area (Å²) in [5.74, 6) is -1.67. The minimum Gasteiger partial charge on any atom is -0.478 e. The molecule has 0 fully saturated rings. The Labute approximate surface area is 185 Å². The molecule has 0 saturated heterocycles. The largest absolute Gasteiger partial charge is 0.478 e. The molecule has 0 amide bonds. The van der Waals surface area contributed by atoms with Crippen molar-refractivity contribution in [1.82, 2.24) is 4.98 Å². The Hall–Kier alpha value is -3.31. The minimum atomic E-state index is -4.72. The number of anilines is 2. The molecule has 0 aliphatic carbocycles. The van der Waals surface area contributed by atoms with Crippen LogP contribution in [0.15, 0.2) is 65.7 Å². The maximum Gasteiger partial charge on any atom is 0.417 e. The highest BCUT2D eigenvalue weighted by Crippen LogP contribution is 2.36. The monoisotopic (exact) mass is 485 g/mol. The average Bonchev–Trinajstić information content (AvgIpc) is 2.73. The summed E-state index contributed by atoms with van der Waals surface area (Å²) in [6, 6.07) is 11.1.